The molecule has 1 heterocycles. The lowest BCUT2D eigenvalue weighted by Gasteiger charge is -2.23. The second-order valence-electron chi connectivity index (χ2n) is 6.77. The Bertz CT molecular complexity index is 746. The standard InChI is InChI=1S/C20H29N3O3S/c1-15-7-6-8-18(16(15)2)26-12-19-21-17(14-27-19)11-23(10-9-22(3)4)20(24)13-25-5/h6-8,14H,9-13H2,1-5H3. The van der Waals surface area contributed by atoms with E-state index < -0.39 is 0 Å². The molecule has 1 aromatic heterocycles. The third-order valence-electron chi connectivity index (χ3n) is 4.30. The third kappa shape index (κ3) is 6.61. The normalized spacial score (nSPS) is 11.0. The molecule has 0 spiro atoms. The van der Waals surface area contributed by atoms with E-state index in [0.717, 1.165) is 28.6 Å². The number of aryl methyl sites for hydroxylation is 1. The van der Waals surface area contributed by atoms with Crippen molar-refractivity contribution < 1.29 is 14.3 Å². The number of likely N-dealkylation sites (N-methyl/N-ethyl adjacent to an activating group) is 1. The summed E-state index contributed by atoms with van der Waals surface area (Å²) >= 11 is 1.55. The van der Waals surface area contributed by atoms with Crippen LogP contribution in [0, 0.1) is 13.8 Å². The van der Waals surface area contributed by atoms with Gasteiger partial charge in [-0.1, -0.05) is 12.1 Å². The number of hydrogen-bond acceptors (Lipinski definition) is 6. The Morgan fingerprint density at radius 1 is 1.22 bits per heavy atom. The van der Waals surface area contributed by atoms with Gasteiger partial charge in [-0.05, 0) is 45.1 Å². The van der Waals surface area contributed by atoms with Crippen LogP contribution in [-0.4, -0.2) is 61.6 Å². The van der Waals surface area contributed by atoms with Crippen LogP contribution >= 0.6 is 11.3 Å². The van der Waals surface area contributed by atoms with E-state index in [-0.39, 0.29) is 12.5 Å². The Labute approximate surface area is 165 Å². The van der Waals surface area contributed by atoms with Crippen LogP contribution in [0.4, 0.5) is 0 Å². The first-order valence-electron chi connectivity index (χ1n) is 8.94. The Kier molecular flexibility index (Phi) is 8.22. The Hall–Kier alpha value is -1.96. The molecular formula is C20H29N3O3S. The minimum atomic E-state index is -0.0273. The van der Waals surface area contributed by atoms with Crippen LogP contribution in [0.1, 0.15) is 21.8 Å². The largest absolute Gasteiger partial charge is 0.486 e. The summed E-state index contributed by atoms with van der Waals surface area (Å²) in [6.07, 6.45) is 0. The third-order valence-corrected chi connectivity index (χ3v) is 5.17. The monoisotopic (exact) mass is 391 g/mol. The molecule has 0 N–H and O–H groups in total. The number of ether oxygens (including phenoxy) is 2. The molecule has 27 heavy (non-hydrogen) atoms. The number of nitrogens with zero attached hydrogens (tertiary/aromatic N) is 3. The van der Waals surface area contributed by atoms with Gasteiger partial charge in [-0.2, -0.15) is 0 Å². The summed E-state index contributed by atoms with van der Waals surface area (Å²) in [7, 11) is 5.52. The van der Waals surface area contributed by atoms with Gasteiger partial charge in [0.15, 0.2) is 0 Å². The van der Waals surface area contributed by atoms with Crippen molar-refractivity contribution in [3.05, 3.63) is 45.4 Å². The predicted molar refractivity (Wildman–Crippen MR) is 108 cm³/mol. The predicted octanol–water partition coefficient (Wildman–Crippen LogP) is 2.88. The first-order chi connectivity index (χ1) is 12.9. The summed E-state index contributed by atoms with van der Waals surface area (Å²) in [5, 5.41) is 2.89. The molecule has 0 aliphatic rings. The van der Waals surface area contributed by atoms with Crippen molar-refractivity contribution in [3.8, 4) is 5.75 Å². The Morgan fingerprint density at radius 2 is 2.00 bits per heavy atom. The van der Waals surface area contributed by atoms with Gasteiger partial charge < -0.3 is 19.3 Å². The molecule has 0 atom stereocenters. The van der Waals surface area contributed by atoms with Crippen molar-refractivity contribution >= 4 is 17.2 Å². The van der Waals surface area contributed by atoms with Crippen molar-refractivity contribution in [1.82, 2.24) is 14.8 Å². The fourth-order valence-corrected chi connectivity index (χ4v) is 3.23. The fraction of sp³-hybridized carbons (Fsp3) is 0.500. The molecular weight excluding hydrogens is 362 g/mol. The highest BCUT2D eigenvalue weighted by atomic mass is 32.1. The minimum absolute atomic E-state index is 0.0273. The molecule has 0 fully saturated rings. The molecule has 0 bridgehead atoms. The number of amides is 1. The smallest absolute Gasteiger partial charge is 0.248 e. The van der Waals surface area contributed by atoms with Gasteiger partial charge in [0, 0.05) is 25.6 Å². The molecule has 2 aromatic rings. The Balaban J connectivity index is 1.97. The zero-order chi connectivity index (χ0) is 19.8. The van der Waals surface area contributed by atoms with Crippen molar-refractivity contribution in [2.24, 2.45) is 0 Å². The molecule has 0 aliphatic carbocycles. The second kappa shape index (κ2) is 10.4. The summed E-state index contributed by atoms with van der Waals surface area (Å²) in [5.41, 5.74) is 3.23. The van der Waals surface area contributed by atoms with Gasteiger partial charge in [0.2, 0.25) is 5.91 Å². The lowest BCUT2D eigenvalue weighted by Crippen LogP contribution is -2.38. The maximum Gasteiger partial charge on any atom is 0.248 e. The molecule has 148 valence electrons. The quantitative estimate of drug-likeness (QED) is 0.623. The number of benzene rings is 1. The van der Waals surface area contributed by atoms with Crippen LogP contribution in [0.25, 0.3) is 0 Å². The van der Waals surface area contributed by atoms with Gasteiger partial charge >= 0.3 is 0 Å². The molecule has 7 heteroatoms. The topological polar surface area (TPSA) is 54.9 Å². The van der Waals surface area contributed by atoms with E-state index in [0.29, 0.717) is 19.7 Å². The van der Waals surface area contributed by atoms with E-state index in [1.165, 1.54) is 12.7 Å². The first-order valence-corrected chi connectivity index (χ1v) is 9.82. The average Bonchev–Trinajstić information content (AvgIpc) is 3.07. The number of carbonyl (C=O) groups is 1. The highest BCUT2D eigenvalue weighted by molar-refractivity contribution is 7.09. The molecule has 6 nitrogen and oxygen atoms in total. The molecule has 0 saturated heterocycles. The average molecular weight is 392 g/mol. The number of aromatic nitrogens is 1. The number of carbonyl (C=O) groups excluding carboxylic acids is 1. The van der Waals surface area contributed by atoms with Gasteiger partial charge in [0.1, 0.15) is 24.0 Å². The summed E-state index contributed by atoms with van der Waals surface area (Å²) in [5.74, 6) is 0.857. The van der Waals surface area contributed by atoms with Crippen molar-refractivity contribution in [1.29, 1.82) is 0 Å². The van der Waals surface area contributed by atoms with Crippen LogP contribution in [0.3, 0.4) is 0 Å². The van der Waals surface area contributed by atoms with E-state index in [9.17, 15) is 4.79 Å². The highest BCUT2D eigenvalue weighted by Gasteiger charge is 2.16. The van der Waals surface area contributed by atoms with Crippen LogP contribution in [0.2, 0.25) is 0 Å². The van der Waals surface area contributed by atoms with Crippen LogP contribution in [-0.2, 0) is 22.7 Å². The number of methoxy groups -OCH3 is 1. The lowest BCUT2D eigenvalue weighted by atomic mass is 10.1. The van der Waals surface area contributed by atoms with Gasteiger partial charge in [0.25, 0.3) is 0 Å². The molecule has 0 saturated carbocycles. The van der Waals surface area contributed by atoms with E-state index in [2.05, 4.69) is 29.8 Å². The summed E-state index contributed by atoms with van der Waals surface area (Å²) in [6.45, 7) is 6.56. The second-order valence-corrected chi connectivity index (χ2v) is 7.71. The van der Waals surface area contributed by atoms with Crippen LogP contribution in [0.5, 0.6) is 5.75 Å². The zero-order valence-electron chi connectivity index (χ0n) is 16.8. The molecule has 1 amide bonds. The van der Waals surface area contributed by atoms with E-state index >= 15 is 0 Å². The number of rotatable bonds is 10. The van der Waals surface area contributed by atoms with E-state index in [1.54, 1.807) is 16.2 Å². The number of thiazole rings is 1. The van der Waals surface area contributed by atoms with E-state index in [4.69, 9.17) is 9.47 Å². The SMILES string of the molecule is COCC(=O)N(CCN(C)C)Cc1csc(COc2cccc(C)c2C)n1. The Morgan fingerprint density at radius 3 is 2.70 bits per heavy atom. The molecule has 0 unspecified atom stereocenters. The molecule has 1 aromatic carbocycles. The van der Waals surface area contributed by atoms with E-state index in [1.807, 2.05) is 31.6 Å². The molecule has 2 rings (SSSR count). The van der Waals surface area contributed by atoms with Crippen LogP contribution < -0.4 is 4.74 Å². The van der Waals surface area contributed by atoms with Gasteiger partial charge in [0.05, 0.1) is 12.2 Å². The minimum Gasteiger partial charge on any atom is -0.486 e. The lowest BCUT2D eigenvalue weighted by molar-refractivity contribution is -0.136. The maximum absolute atomic E-state index is 12.3. The van der Waals surface area contributed by atoms with Crippen molar-refractivity contribution in [2.45, 2.75) is 27.0 Å². The van der Waals surface area contributed by atoms with Crippen LogP contribution in [0.15, 0.2) is 23.6 Å². The zero-order valence-corrected chi connectivity index (χ0v) is 17.6. The highest BCUT2D eigenvalue weighted by Crippen LogP contribution is 2.22. The fourth-order valence-electron chi connectivity index (χ4n) is 2.53. The number of hydrogen-bond donors (Lipinski definition) is 0. The molecule has 0 radical (unpaired) electrons. The van der Waals surface area contributed by atoms with Crippen molar-refractivity contribution in [3.63, 3.8) is 0 Å². The van der Waals surface area contributed by atoms with Crippen molar-refractivity contribution in [2.75, 3.05) is 40.9 Å². The van der Waals surface area contributed by atoms with Gasteiger partial charge in [-0.15, -0.1) is 11.3 Å². The summed E-state index contributed by atoms with van der Waals surface area (Å²) in [6, 6.07) is 6.04. The summed E-state index contributed by atoms with van der Waals surface area (Å²) in [4.78, 5) is 20.8. The first kappa shape index (κ1) is 21.3. The summed E-state index contributed by atoms with van der Waals surface area (Å²) < 4.78 is 10.9. The molecule has 0 aliphatic heterocycles. The van der Waals surface area contributed by atoms with Gasteiger partial charge in [-0.25, -0.2) is 4.98 Å². The van der Waals surface area contributed by atoms with Gasteiger partial charge in [-0.3, -0.25) is 4.79 Å². The maximum atomic E-state index is 12.3.